The van der Waals surface area contributed by atoms with Crippen molar-refractivity contribution in [2.75, 3.05) is 6.54 Å². The molecule has 4 atom stereocenters. The number of carbonyl (C=O) groups excluding carboxylic acids is 3. The van der Waals surface area contributed by atoms with Gasteiger partial charge in [-0.15, -0.1) is 0 Å². The number of alkyl carbamates (subject to hydrolysis) is 1. The number of nitrogens with zero attached hydrogens (tertiary/aromatic N) is 1. The second kappa shape index (κ2) is 16.1. The van der Waals surface area contributed by atoms with E-state index in [-0.39, 0.29) is 30.0 Å². The van der Waals surface area contributed by atoms with Crippen LogP contribution in [0.2, 0.25) is 0 Å². The molecule has 2 aromatic carbocycles. The topological polar surface area (TPSA) is 145 Å². The maximum Gasteiger partial charge on any atom is 0.408 e. The van der Waals surface area contributed by atoms with E-state index in [4.69, 9.17) is 4.74 Å². The van der Waals surface area contributed by atoms with Crippen LogP contribution in [0.3, 0.4) is 0 Å². The van der Waals surface area contributed by atoms with Gasteiger partial charge in [0.1, 0.15) is 23.4 Å². The van der Waals surface area contributed by atoms with Crippen LogP contribution in [0.4, 0.5) is 4.79 Å². The third kappa shape index (κ3) is 11.6. The molecule has 1 aliphatic rings. The predicted octanol–water partition coefficient (Wildman–Crippen LogP) is 4.85. The van der Waals surface area contributed by atoms with Crippen molar-refractivity contribution < 1.29 is 34.1 Å². The number of hydrogen-bond donors (Lipinski definition) is 4. The molecule has 0 spiro atoms. The molecule has 1 aliphatic heterocycles. The van der Waals surface area contributed by atoms with E-state index in [9.17, 15) is 29.4 Å². The van der Waals surface area contributed by atoms with Gasteiger partial charge < -0.3 is 30.5 Å². The van der Waals surface area contributed by atoms with Gasteiger partial charge in [0, 0.05) is 13.0 Å². The van der Waals surface area contributed by atoms with E-state index in [1.54, 1.807) is 43.9 Å². The minimum atomic E-state index is -1.20. The first-order chi connectivity index (χ1) is 21.2. The van der Waals surface area contributed by atoms with Gasteiger partial charge in [0.2, 0.25) is 11.8 Å². The van der Waals surface area contributed by atoms with Gasteiger partial charge in [-0.25, -0.2) is 9.59 Å². The van der Waals surface area contributed by atoms with E-state index in [0.717, 1.165) is 5.56 Å². The van der Waals surface area contributed by atoms with Crippen LogP contribution in [0, 0.1) is 11.8 Å². The van der Waals surface area contributed by atoms with Crippen molar-refractivity contribution in [1.29, 1.82) is 0 Å². The molecular formula is C35H47N3O7. The average molecular weight is 622 g/mol. The summed E-state index contributed by atoms with van der Waals surface area (Å²) in [6, 6.07) is 13.3. The molecule has 4 N–H and O–H groups in total. The van der Waals surface area contributed by atoms with Gasteiger partial charge in [0.15, 0.2) is 0 Å². The third-order valence-electron chi connectivity index (χ3n) is 7.45. The Kier molecular flexibility index (Phi) is 12.6. The molecule has 10 nitrogen and oxygen atoms in total. The van der Waals surface area contributed by atoms with Gasteiger partial charge in [-0.2, -0.15) is 0 Å². The number of nitrogens with one attached hydrogen (secondary N) is 2. The number of aliphatic carboxylic acids is 1. The highest BCUT2D eigenvalue weighted by atomic mass is 16.6. The lowest BCUT2D eigenvalue weighted by Crippen LogP contribution is -2.52. The van der Waals surface area contributed by atoms with Crippen LogP contribution in [0.5, 0.6) is 5.75 Å². The normalized spacial score (nSPS) is 17.1. The summed E-state index contributed by atoms with van der Waals surface area (Å²) in [5, 5.41) is 24.9. The SMILES string of the molecule is CC(C)C[C@@H](/C=C/[C@H](Cc1ccccc1)C(=O)N1CCC[C@H]1C(=O)NC(Cc1ccc(O)cc1)C(=O)O)NC(=O)OC(C)(C)C. The van der Waals surface area contributed by atoms with Crippen LogP contribution in [0.1, 0.15) is 65.0 Å². The van der Waals surface area contributed by atoms with Crippen molar-refractivity contribution in [2.45, 2.75) is 90.4 Å². The fraction of sp³-hybridized carbons (Fsp3) is 0.486. The van der Waals surface area contributed by atoms with E-state index in [0.29, 0.717) is 37.8 Å². The maximum atomic E-state index is 14.1. The largest absolute Gasteiger partial charge is 0.508 e. The highest BCUT2D eigenvalue weighted by Gasteiger charge is 2.38. The van der Waals surface area contributed by atoms with Crippen molar-refractivity contribution >= 4 is 23.9 Å². The van der Waals surface area contributed by atoms with Crippen LogP contribution in [-0.2, 0) is 32.0 Å². The molecule has 244 valence electrons. The molecule has 1 saturated heterocycles. The molecule has 1 fully saturated rings. The number of rotatable bonds is 13. The van der Waals surface area contributed by atoms with Crippen LogP contribution < -0.4 is 10.6 Å². The number of aromatic hydroxyl groups is 1. The summed E-state index contributed by atoms with van der Waals surface area (Å²) in [5.74, 6) is -2.25. The molecule has 10 heteroatoms. The highest BCUT2D eigenvalue weighted by molar-refractivity contribution is 5.92. The number of benzene rings is 2. The molecule has 3 amide bonds. The van der Waals surface area contributed by atoms with Gasteiger partial charge >= 0.3 is 12.1 Å². The zero-order valence-electron chi connectivity index (χ0n) is 26.9. The van der Waals surface area contributed by atoms with Gasteiger partial charge in [0.05, 0.1) is 12.0 Å². The molecule has 0 radical (unpaired) electrons. The van der Waals surface area contributed by atoms with E-state index >= 15 is 0 Å². The van der Waals surface area contributed by atoms with Crippen LogP contribution in [-0.4, -0.2) is 69.3 Å². The van der Waals surface area contributed by atoms with Crippen molar-refractivity contribution in [3.8, 4) is 5.75 Å². The summed E-state index contributed by atoms with van der Waals surface area (Å²) in [5.41, 5.74) is 0.932. The number of likely N-dealkylation sites (tertiary alicyclic amines) is 1. The molecule has 45 heavy (non-hydrogen) atoms. The van der Waals surface area contributed by atoms with Crippen molar-refractivity contribution in [1.82, 2.24) is 15.5 Å². The predicted molar refractivity (Wildman–Crippen MR) is 172 cm³/mol. The van der Waals surface area contributed by atoms with Gasteiger partial charge in [-0.3, -0.25) is 9.59 Å². The van der Waals surface area contributed by atoms with E-state index in [1.807, 2.05) is 50.3 Å². The average Bonchev–Trinajstić information content (AvgIpc) is 3.45. The third-order valence-corrected chi connectivity index (χ3v) is 7.45. The smallest absolute Gasteiger partial charge is 0.408 e. The lowest BCUT2D eigenvalue weighted by atomic mass is 9.94. The fourth-order valence-corrected chi connectivity index (χ4v) is 5.38. The molecule has 3 rings (SSSR count). The van der Waals surface area contributed by atoms with Crippen LogP contribution in [0.15, 0.2) is 66.7 Å². The molecule has 2 aromatic rings. The Morgan fingerprint density at radius 3 is 2.20 bits per heavy atom. The number of amides is 3. The molecule has 0 saturated carbocycles. The minimum absolute atomic E-state index is 0.0310. The molecule has 0 aromatic heterocycles. The number of phenolic OH excluding ortho intramolecular Hbond substituents is 1. The van der Waals surface area contributed by atoms with E-state index in [1.165, 1.54) is 12.1 Å². The first-order valence-electron chi connectivity index (χ1n) is 15.5. The second-order valence-electron chi connectivity index (χ2n) is 13.0. The number of ether oxygens (including phenoxy) is 1. The molecule has 1 unspecified atom stereocenters. The van der Waals surface area contributed by atoms with Crippen molar-refractivity contribution in [3.05, 3.63) is 77.9 Å². The summed E-state index contributed by atoms with van der Waals surface area (Å²) in [6.07, 6.45) is 5.17. The number of carboxylic acid groups (broad SMARTS) is 1. The zero-order chi connectivity index (χ0) is 33.1. The Morgan fingerprint density at radius 1 is 0.956 bits per heavy atom. The molecule has 0 bridgehead atoms. The minimum Gasteiger partial charge on any atom is -0.508 e. The summed E-state index contributed by atoms with van der Waals surface area (Å²) in [7, 11) is 0. The highest BCUT2D eigenvalue weighted by Crippen LogP contribution is 2.24. The van der Waals surface area contributed by atoms with Crippen LogP contribution in [0.25, 0.3) is 0 Å². The standard InChI is InChI=1S/C35H47N3O7/c1-23(2)20-27(36-34(44)45-35(3,4)5)16-15-26(21-24-10-7-6-8-11-24)32(41)38-19-9-12-30(38)31(40)37-29(33(42)43)22-25-13-17-28(39)18-14-25/h6-8,10-11,13-18,23,26-27,29-30,39H,9,12,19-22H2,1-5H3,(H,36,44)(H,37,40)(H,42,43)/b16-15+/t26-,27-,29?,30+/m1/s1. The van der Waals surface area contributed by atoms with E-state index in [2.05, 4.69) is 10.6 Å². The first kappa shape index (κ1) is 35.1. The molecule has 1 heterocycles. The zero-order valence-corrected chi connectivity index (χ0v) is 26.9. The quantitative estimate of drug-likeness (QED) is 0.234. The number of phenols is 1. The second-order valence-corrected chi connectivity index (χ2v) is 13.0. The number of carbonyl (C=O) groups is 4. The van der Waals surface area contributed by atoms with Gasteiger partial charge in [-0.05, 0) is 75.6 Å². The summed E-state index contributed by atoms with van der Waals surface area (Å²) in [4.78, 5) is 53.7. The molecule has 0 aliphatic carbocycles. The van der Waals surface area contributed by atoms with Gasteiger partial charge in [-0.1, -0.05) is 68.5 Å². The summed E-state index contributed by atoms with van der Waals surface area (Å²) < 4.78 is 5.46. The Balaban J connectivity index is 1.81. The maximum absolute atomic E-state index is 14.1. The lowest BCUT2D eigenvalue weighted by Gasteiger charge is -2.29. The van der Waals surface area contributed by atoms with E-state index < -0.39 is 41.6 Å². The fourth-order valence-electron chi connectivity index (χ4n) is 5.38. The Hall–Kier alpha value is -4.34. The van der Waals surface area contributed by atoms with Gasteiger partial charge in [0.25, 0.3) is 0 Å². The monoisotopic (exact) mass is 621 g/mol. The first-order valence-corrected chi connectivity index (χ1v) is 15.5. The number of hydrogen-bond acceptors (Lipinski definition) is 6. The Bertz CT molecular complexity index is 1320. The number of carboxylic acids is 1. The lowest BCUT2D eigenvalue weighted by molar-refractivity contribution is -0.144. The summed E-state index contributed by atoms with van der Waals surface area (Å²) >= 11 is 0. The Morgan fingerprint density at radius 2 is 1.60 bits per heavy atom. The summed E-state index contributed by atoms with van der Waals surface area (Å²) in [6.45, 7) is 9.85. The van der Waals surface area contributed by atoms with Crippen molar-refractivity contribution in [3.63, 3.8) is 0 Å². The molecular weight excluding hydrogens is 574 g/mol. The Labute approximate surface area is 265 Å². The van der Waals surface area contributed by atoms with Crippen LogP contribution >= 0.6 is 0 Å². The van der Waals surface area contributed by atoms with Crippen molar-refractivity contribution in [2.24, 2.45) is 11.8 Å².